The molecule has 1 atom stereocenters. The number of rotatable bonds is 7. The monoisotopic (exact) mass is 527 g/mol. The number of nitro benzene ring substituents is 2. The van der Waals surface area contributed by atoms with Gasteiger partial charge in [-0.2, -0.15) is 4.98 Å². The molecule has 1 aromatic heterocycles. The van der Waals surface area contributed by atoms with Gasteiger partial charge in [-0.15, -0.1) is 5.10 Å². The quantitative estimate of drug-likeness (QED) is 0.256. The van der Waals surface area contributed by atoms with Gasteiger partial charge < -0.3 is 15.4 Å². The van der Waals surface area contributed by atoms with Crippen LogP contribution in [-0.2, 0) is 4.79 Å². The number of allylic oxidation sites excluding steroid dienone is 1. The Morgan fingerprint density at radius 3 is 2.21 bits per heavy atom. The molecule has 0 aliphatic carbocycles. The predicted octanol–water partition coefficient (Wildman–Crippen LogP) is 4.70. The minimum atomic E-state index is -0.795. The fraction of sp³-hybridized carbons (Fsp3) is 0.115. The molecule has 5 rings (SSSR count). The number of para-hydroxylation sites is 2. The molecule has 1 unspecified atom stereocenters. The van der Waals surface area contributed by atoms with E-state index in [0.29, 0.717) is 39.8 Å². The van der Waals surface area contributed by atoms with Gasteiger partial charge in [0.25, 0.3) is 17.3 Å². The van der Waals surface area contributed by atoms with Crippen molar-refractivity contribution in [3.63, 3.8) is 0 Å². The maximum absolute atomic E-state index is 13.7. The number of carbonyl (C=O) groups is 1. The Labute approximate surface area is 221 Å². The SMILES string of the molecule is COc1ccccc1NC(=O)C1=C(C)Nc2nc(-c3ccc([N+](=O)[O-])cc3)nn2C1c1ccc([N+](=O)[O-])cc1. The van der Waals surface area contributed by atoms with Gasteiger partial charge in [-0.05, 0) is 48.9 Å². The summed E-state index contributed by atoms with van der Waals surface area (Å²) >= 11 is 0. The molecule has 1 aliphatic heterocycles. The zero-order chi connectivity index (χ0) is 27.7. The van der Waals surface area contributed by atoms with Crippen molar-refractivity contribution in [1.82, 2.24) is 14.8 Å². The summed E-state index contributed by atoms with van der Waals surface area (Å²) in [5.74, 6) is 0.643. The Balaban J connectivity index is 1.59. The molecule has 0 saturated carbocycles. The fourth-order valence-corrected chi connectivity index (χ4v) is 4.32. The molecule has 2 N–H and O–H groups in total. The van der Waals surface area contributed by atoms with Gasteiger partial charge in [0.05, 0.1) is 28.2 Å². The topological polar surface area (TPSA) is 167 Å². The molecular weight excluding hydrogens is 506 g/mol. The average Bonchev–Trinajstić information content (AvgIpc) is 3.36. The molecular formula is C26H21N7O6. The molecule has 13 nitrogen and oxygen atoms in total. The van der Waals surface area contributed by atoms with E-state index in [4.69, 9.17) is 4.74 Å². The largest absolute Gasteiger partial charge is 0.495 e. The second-order valence-electron chi connectivity index (χ2n) is 8.58. The highest BCUT2D eigenvalue weighted by atomic mass is 16.6. The van der Waals surface area contributed by atoms with Gasteiger partial charge in [0, 0.05) is 35.5 Å². The van der Waals surface area contributed by atoms with Gasteiger partial charge in [0.2, 0.25) is 5.95 Å². The maximum Gasteiger partial charge on any atom is 0.269 e. The van der Waals surface area contributed by atoms with Crippen molar-refractivity contribution in [2.24, 2.45) is 0 Å². The Hall–Kier alpha value is -5.59. The van der Waals surface area contributed by atoms with Crippen LogP contribution in [0.15, 0.2) is 84.1 Å². The van der Waals surface area contributed by atoms with Crippen LogP contribution in [0.5, 0.6) is 5.75 Å². The molecule has 0 fully saturated rings. The maximum atomic E-state index is 13.7. The minimum Gasteiger partial charge on any atom is -0.495 e. The Morgan fingerprint density at radius 2 is 1.59 bits per heavy atom. The van der Waals surface area contributed by atoms with Crippen molar-refractivity contribution in [1.29, 1.82) is 0 Å². The first-order chi connectivity index (χ1) is 18.8. The van der Waals surface area contributed by atoms with Gasteiger partial charge >= 0.3 is 0 Å². The highest BCUT2D eigenvalue weighted by Gasteiger charge is 2.35. The first-order valence-corrected chi connectivity index (χ1v) is 11.6. The Bertz CT molecular complexity index is 1630. The van der Waals surface area contributed by atoms with Crippen molar-refractivity contribution in [2.75, 3.05) is 17.7 Å². The van der Waals surface area contributed by atoms with Crippen LogP contribution < -0.4 is 15.4 Å². The van der Waals surface area contributed by atoms with E-state index in [2.05, 4.69) is 20.7 Å². The third-order valence-electron chi connectivity index (χ3n) is 6.21. The van der Waals surface area contributed by atoms with E-state index < -0.39 is 21.8 Å². The number of nitrogens with zero attached hydrogens (tertiary/aromatic N) is 5. The normalized spacial score (nSPS) is 14.3. The van der Waals surface area contributed by atoms with Crippen LogP contribution in [0, 0.1) is 20.2 Å². The number of nitro groups is 2. The predicted molar refractivity (Wildman–Crippen MR) is 141 cm³/mol. The van der Waals surface area contributed by atoms with Gasteiger partial charge in [-0.1, -0.05) is 12.1 Å². The molecule has 13 heteroatoms. The zero-order valence-electron chi connectivity index (χ0n) is 20.7. The number of methoxy groups -OCH3 is 1. The number of fused-ring (bicyclic) bond motifs is 1. The number of ether oxygens (including phenoxy) is 1. The third kappa shape index (κ3) is 4.75. The summed E-state index contributed by atoms with van der Waals surface area (Å²) in [5, 5.41) is 32.9. The molecule has 0 spiro atoms. The van der Waals surface area contributed by atoms with Crippen molar-refractivity contribution in [2.45, 2.75) is 13.0 Å². The number of hydrogen-bond donors (Lipinski definition) is 2. The van der Waals surface area contributed by atoms with Crippen LogP contribution in [0.25, 0.3) is 11.4 Å². The molecule has 1 aliphatic rings. The first kappa shape index (κ1) is 25.1. The summed E-state index contributed by atoms with van der Waals surface area (Å²) in [7, 11) is 1.50. The van der Waals surface area contributed by atoms with Crippen molar-refractivity contribution < 1.29 is 19.4 Å². The molecule has 196 valence electrons. The highest BCUT2D eigenvalue weighted by molar-refractivity contribution is 6.06. The van der Waals surface area contributed by atoms with Crippen molar-refractivity contribution >= 4 is 28.9 Å². The lowest BCUT2D eigenvalue weighted by Crippen LogP contribution is -2.31. The highest BCUT2D eigenvalue weighted by Crippen LogP contribution is 2.38. The van der Waals surface area contributed by atoms with Crippen LogP contribution in [0.3, 0.4) is 0 Å². The Morgan fingerprint density at radius 1 is 0.974 bits per heavy atom. The molecule has 39 heavy (non-hydrogen) atoms. The lowest BCUT2D eigenvalue weighted by molar-refractivity contribution is -0.385. The van der Waals surface area contributed by atoms with Gasteiger partial charge in [-0.25, -0.2) is 4.68 Å². The number of aromatic nitrogens is 3. The molecule has 4 aromatic rings. The van der Waals surface area contributed by atoms with Crippen LogP contribution >= 0.6 is 0 Å². The van der Waals surface area contributed by atoms with Crippen LogP contribution in [0.2, 0.25) is 0 Å². The average molecular weight is 527 g/mol. The summed E-state index contributed by atoms with van der Waals surface area (Å²) in [5.41, 5.74) is 2.20. The molecule has 0 bridgehead atoms. The second-order valence-corrected chi connectivity index (χ2v) is 8.58. The van der Waals surface area contributed by atoms with E-state index in [-0.39, 0.29) is 17.2 Å². The van der Waals surface area contributed by atoms with Crippen LogP contribution in [-0.4, -0.2) is 37.6 Å². The van der Waals surface area contributed by atoms with E-state index in [9.17, 15) is 25.0 Å². The molecule has 2 heterocycles. The summed E-state index contributed by atoms with van der Waals surface area (Å²) < 4.78 is 6.88. The summed E-state index contributed by atoms with van der Waals surface area (Å²) in [6.45, 7) is 1.72. The molecule has 0 saturated heterocycles. The summed E-state index contributed by atoms with van der Waals surface area (Å²) in [6, 6.07) is 17.8. The molecule has 0 radical (unpaired) electrons. The van der Waals surface area contributed by atoms with Gasteiger partial charge in [0.1, 0.15) is 11.8 Å². The van der Waals surface area contributed by atoms with Crippen molar-refractivity contribution in [3.8, 4) is 17.1 Å². The fourth-order valence-electron chi connectivity index (χ4n) is 4.32. The van der Waals surface area contributed by atoms with Gasteiger partial charge in [0.15, 0.2) is 5.82 Å². The number of hydrogen-bond acceptors (Lipinski definition) is 9. The van der Waals surface area contributed by atoms with Crippen molar-refractivity contribution in [3.05, 3.63) is 110 Å². The third-order valence-corrected chi connectivity index (χ3v) is 6.21. The second kappa shape index (κ2) is 10.0. The smallest absolute Gasteiger partial charge is 0.269 e. The van der Waals surface area contributed by atoms with E-state index >= 15 is 0 Å². The number of anilines is 2. The lowest BCUT2D eigenvalue weighted by atomic mass is 9.95. The minimum absolute atomic E-state index is 0.0718. The van der Waals surface area contributed by atoms with Crippen LogP contribution in [0.4, 0.5) is 23.0 Å². The molecule has 3 aromatic carbocycles. The van der Waals surface area contributed by atoms with E-state index in [0.717, 1.165) is 0 Å². The lowest BCUT2D eigenvalue weighted by Gasteiger charge is -2.28. The van der Waals surface area contributed by atoms with Crippen LogP contribution in [0.1, 0.15) is 18.5 Å². The van der Waals surface area contributed by atoms with E-state index in [1.165, 1.54) is 48.2 Å². The number of nitrogens with one attached hydrogen (secondary N) is 2. The number of non-ortho nitro benzene ring substituents is 2. The summed E-state index contributed by atoms with van der Waals surface area (Å²) in [4.78, 5) is 39.5. The molecule has 1 amide bonds. The number of carbonyl (C=O) groups excluding carboxylic acids is 1. The van der Waals surface area contributed by atoms with E-state index in [1.54, 1.807) is 43.3 Å². The number of amides is 1. The standard InChI is InChI=1S/C26H21N7O6/c1-15-22(25(34)28-20-5-3-4-6-21(20)39-2)23(16-7-11-18(12-8-16)32(35)36)31-26(27-15)29-24(30-31)17-9-13-19(14-10-17)33(37)38/h3-14,23H,1-2H3,(H,28,34)(H,27,29,30). The zero-order valence-corrected chi connectivity index (χ0v) is 20.7. The Kier molecular flexibility index (Phi) is 6.46. The number of benzene rings is 3. The van der Waals surface area contributed by atoms with E-state index in [1.807, 2.05) is 0 Å². The summed E-state index contributed by atoms with van der Waals surface area (Å²) in [6.07, 6.45) is 0. The first-order valence-electron chi connectivity index (χ1n) is 11.6. The van der Waals surface area contributed by atoms with Gasteiger partial charge in [-0.3, -0.25) is 25.0 Å².